The molecule has 4 heteroatoms. The molecule has 0 fully saturated rings. The van der Waals surface area contributed by atoms with Gasteiger partial charge in [-0.1, -0.05) is 78.9 Å². The predicted molar refractivity (Wildman–Crippen MR) is 198 cm³/mol. The van der Waals surface area contributed by atoms with Crippen molar-refractivity contribution < 1.29 is 4.42 Å². The van der Waals surface area contributed by atoms with E-state index in [1.54, 1.807) is 0 Å². The summed E-state index contributed by atoms with van der Waals surface area (Å²) in [6.07, 6.45) is 0. The first-order valence-electron chi connectivity index (χ1n) is 15.8. The molecule has 4 aromatic heterocycles. The van der Waals surface area contributed by atoms with Crippen LogP contribution < -0.4 is 5.43 Å². The smallest absolute Gasteiger partial charge is 0.200 e. The summed E-state index contributed by atoms with van der Waals surface area (Å²) < 4.78 is 11.0. The van der Waals surface area contributed by atoms with Crippen LogP contribution in [0.3, 0.4) is 0 Å². The zero-order chi connectivity index (χ0) is 30.8. The van der Waals surface area contributed by atoms with Crippen molar-refractivity contribution in [2.24, 2.45) is 0 Å². The average molecular weight is 618 g/mol. The molecule has 47 heavy (non-hydrogen) atoms. The van der Waals surface area contributed by atoms with Gasteiger partial charge in [-0.15, -0.1) is 11.3 Å². The second kappa shape index (κ2) is 9.06. The monoisotopic (exact) mass is 617 g/mol. The van der Waals surface area contributed by atoms with Crippen molar-refractivity contribution in [2.75, 3.05) is 0 Å². The number of rotatable bonds is 2. The normalized spacial score (nSPS) is 12.3. The van der Waals surface area contributed by atoms with E-state index in [9.17, 15) is 4.79 Å². The standard InChI is InChI=1S/C43H23NO2S/c45-43-31-9-3-6-12-37(31)46-38-18-13-24(22-34(38)43)25-14-19-39-32(21-25)33-23-26(15-20-40(33)47-39)27-16-17-29-28-7-1-4-10-35(28)44-36-11-5-2-8-30(36)41(27)42(29)44/h1-23H. The van der Waals surface area contributed by atoms with Crippen molar-refractivity contribution in [3.05, 3.63) is 150 Å². The predicted octanol–water partition coefficient (Wildman–Crippen LogP) is 11.8. The van der Waals surface area contributed by atoms with E-state index >= 15 is 0 Å². The number of nitrogens with zero attached hydrogens (tertiary/aromatic N) is 1. The van der Waals surface area contributed by atoms with Crippen LogP contribution in [-0.4, -0.2) is 4.40 Å². The van der Waals surface area contributed by atoms with Crippen LogP contribution in [0.25, 0.3) is 102 Å². The maximum Gasteiger partial charge on any atom is 0.200 e. The zero-order valence-electron chi connectivity index (χ0n) is 25.0. The summed E-state index contributed by atoms with van der Waals surface area (Å²) in [5.41, 5.74) is 9.54. The Bertz CT molecular complexity index is 3160. The number of thiophene rings is 1. The largest absolute Gasteiger partial charge is 0.456 e. The molecule has 0 saturated carbocycles. The third-order valence-electron chi connectivity index (χ3n) is 9.94. The Morgan fingerprint density at radius 2 is 1.06 bits per heavy atom. The topological polar surface area (TPSA) is 34.6 Å². The second-order valence-electron chi connectivity index (χ2n) is 12.4. The summed E-state index contributed by atoms with van der Waals surface area (Å²) in [7, 11) is 0. The van der Waals surface area contributed by atoms with Crippen molar-refractivity contribution in [3.8, 4) is 22.3 Å². The lowest BCUT2D eigenvalue weighted by atomic mass is 9.95. The maximum atomic E-state index is 13.4. The van der Waals surface area contributed by atoms with Gasteiger partial charge in [0, 0.05) is 41.7 Å². The molecule has 0 spiro atoms. The van der Waals surface area contributed by atoms with Crippen molar-refractivity contribution in [3.63, 3.8) is 0 Å². The molecular formula is C43H23NO2S. The molecule has 0 amide bonds. The molecule has 0 saturated heterocycles. The minimum absolute atomic E-state index is 0.00106. The van der Waals surface area contributed by atoms with Gasteiger partial charge in [-0.2, -0.15) is 0 Å². The molecule has 11 aromatic rings. The van der Waals surface area contributed by atoms with Gasteiger partial charge in [0.15, 0.2) is 0 Å². The first kappa shape index (κ1) is 25.2. The van der Waals surface area contributed by atoms with Gasteiger partial charge >= 0.3 is 0 Å². The number of hydrogen-bond donors (Lipinski definition) is 0. The molecule has 0 atom stereocenters. The summed E-state index contributed by atoms with van der Waals surface area (Å²) >= 11 is 1.82. The van der Waals surface area contributed by atoms with Crippen LogP contribution in [0.5, 0.6) is 0 Å². The first-order chi connectivity index (χ1) is 23.2. The van der Waals surface area contributed by atoms with E-state index in [0.717, 1.165) is 11.1 Å². The van der Waals surface area contributed by atoms with Crippen LogP contribution in [0, 0.1) is 0 Å². The van der Waals surface area contributed by atoms with Gasteiger partial charge in [0.2, 0.25) is 5.43 Å². The third kappa shape index (κ3) is 3.37. The van der Waals surface area contributed by atoms with Gasteiger partial charge in [0.05, 0.1) is 27.3 Å². The minimum Gasteiger partial charge on any atom is -0.456 e. The number of para-hydroxylation sites is 3. The summed E-state index contributed by atoms with van der Waals surface area (Å²) in [6, 6.07) is 49.1. The Hall–Kier alpha value is -5.97. The highest BCUT2D eigenvalue weighted by Crippen LogP contribution is 2.45. The quantitative estimate of drug-likeness (QED) is 0.181. The third-order valence-corrected chi connectivity index (χ3v) is 11.1. The second-order valence-corrected chi connectivity index (χ2v) is 13.5. The van der Waals surface area contributed by atoms with E-state index in [2.05, 4.69) is 108 Å². The van der Waals surface area contributed by atoms with Gasteiger partial charge in [0.25, 0.3) is 0 Å². The molecule has 3 nitrogen and oxygen atoms in total. The molecule has 4 heterocycles. The van der Waals surface area contributed by atoms with E-state index in [1.165, 1.54) is 69.4 Å². The molecule has 0 aliphatic rings. The Labute approximate surface area is 271 Å². The van der Waals surface area contributed by atoms with E-state index in [0.29, 0.717) is 21.9 Å². The highest BCUT2D eigenvalue weighted by Gasteiger charge is 2.20. The Morgan fingerprint density at radius 3 is 1.87 bits per heavy atom. The van der Waals surface area contributed by atoms with Gasteiger partial charge < -0.3 is 8.82 Å². The molecular weight excluding hydrogens is 595 g/mol. The van der Waals surface area contributed by atoms with Crippen LogP contribution in [-0.2, 0) is 0 Å². The summed E-state index contributed by atoms with van der Waals surface area (Å²) in [5.74, 6) is 0. The van der Waals surface area contributed by atoms with Crippen LogP contribution in [0.15, 0.2) is 149 Å². The zero-order valence-corrected chi connectivity index (χ0v) is 25.8. The molecule has 0 aliphatic carbocycles. The number of aromatic nitrogens is 1. The van der Waals surface area contributed by atoms with Gasteiger partial charge in [-0.3, -0.25) is 4.79 Å². The molecule has 0 bridgehead atoms. The van der Waals surface area contributed by atoms with Gasteiger partial charge in [-0.05, 0) is 82.9 Å². The molecule has 0 aliphatic heterocycles. The van der Waals surface area contributed by atoms with Gasteiger partial charge in [-0.25, -0.2) is 0 Å². The fourth-order valence-corrected chi connectivity index (χ4v) is 8.88. The van der Waals surface area contributed by atoms with Crippen LogP contribution in [0.2, 0.25) is 0 Å². The van der Waals surface area contributed by atoms with Crippen molar-refractivity contribution in [2.45, 2.75) is 0 Å². The van der Waals surface area contributed by atoms with Crippen LogP contribution in [0.1, 0.15) is 0 Å². The summed E-state index contributed by atoms with van der Waals surface area (Å²) in [5, 5.41) is 8.84. The molecule has 0 N–H and O–H groups in total. The minimum atomic E-state index is 0.00106. The lowest BCUT2D eigenvalue weighted by Gasteiger charge is -2.07. The molecule has 0 radical (unpaired) electrons. The lowest BCUT2D eigenvalue weighted by Crippen LogP contribution is -2.01. The van der Waals surface area contributed by atoms with Crippen molar-refractivity contribution >= 4 is 91.5 Å². The van der Waals surface area contributed by atoms with E-state index in [-0.39, 0.29) is 5.43 Å². The molecule has 7 aromatic carbocycles. The Kier molecular flexibility index (Phi) is 4.87. The van der Waals surface area contributed by atoms with Crippen LogP contribution in [0.4, 0.5) is 0 Å². The highest BCUT2D eigenvalue weighted by molar-refractivity contribution is 7.25. The van der Waals surface area contributed by atoms with E-state index in [4.69, 9.17) is 4.42 Å². The summed E-state index contributed by atoms with van der Waals surface area (Å²) in [4.78, 5) is 13.4. The molecule has 218 valence electrons. The van der Waals surface area contributed by atoms with E-state index in [1.807, 2.05) is 47.7 Å². The van der Waals surface area contributed by atoms with Crippen molar-refractivity contribution in [1.29, 1.82) is 0 Å². The fraction of sp³-hybridized carbons (Fsp3) is 0. The summed E-state index contributed by atoms with van der Waals surface area (Å²) in [6.45, 7) is 0. The number of benzene rings is 7. The van der Waals surface area contributed by atoms with Gasteiger partial charge in [0.1, 0.15) is 11.2 Å². The average Bonchev–Trinajstić information content (AvgIpc) is 3.78. The van der Waals surface area contributed by atoms with E-state index < -0.39 is 0 Å². The SMILES string of the molecule is O=c1c2ccccc2oc2ccc(-c3ccc4sc5ccc(-c6ccc7c8ccccc8n8c9ccccc9c6c78)cc5c4c3)cc12. The van der Waals surface area contributed by atoms with Crippen molar-refractivity contribution in [1.82, 2.24) is 4.40 Å². The number of hydrogen-bond acceptors (Lipinski definition) is 3. The maximum absolute atomic E-state index is 13.4. The fourth-order valence-electron chi connectivity index (χ4n) is 7.81. The highest BCUT2D eigenvalue weighted by atomic mass is 32.1. The molecule has 0 unspecified atom stereocenters. The lowest BCUT2D eigenvalue weighted by molar-refractivity contribution is 0.660. The molecule has 11 rings (SSSR count). The number of fused-ring (bicyclic) bond motifs is 11. The Balaban J connectivity index is 1.13. The Morgan fingerprint density at radius 1 is 0.468 bits per heavy atom. The van der Waals surface area contributed by atoms with Crippen LogP contribution >= 0.6 is 11.3 Å². The first-order valence-corrected chi connectivity index (χ1v) is 16.6.